The predicted octanol–water partition coefficient (Wildman–Crippen LogP) is 4.40. The zero-order chi connectivity index (χ0) is 17.8. The number of piperidine rings is 1. The van der Waals surface area contributed by atoms with E-state index >= 15 is 0 Å². The van der Waals surface area contributed by atoms with Crippen LogP contribution in [0.5, 0.6) is 0 Å². The van der Waals surface area contributed by atoms with Gasteiger partial charge < -0.3 is 13.7 Å². The first-order valence-corrected chi connectivity index (χ1v) is 9.93. The molecule has 2 aliphatic rings. The van der Waals surface area contributed by atoms with Gasteiger partial charge in [0.25, 0.3) is 5.89 Å². The lowest BCUT2D eigenvalue weighted by molar-refractivity contribution is -0.132. The molecule has 0 radical (unpaired) electrons. The number of hydrogen-bond acceptors (Lipinski definition) is 5. The largest absolute Gasteiger partial charge is 0.472 e. The second-order valence-electron chi connectivity index (χ2n) is 7.66. The van der Waals surface area contributed by atoms with Crippen LogP contribution < -0.4 is 0 Å². The molecule has 6 heteroatoms. The van der Waals surface area contributed by atoms with Crippen LogP contribution in [-0.4, -0.2) is 34.1 Å². The topological polar surface area (TPSA) is 72.4 Å². The van der Waals surface area contributed by atoms with Crippen LogP contribution in [0.15, 0.2) is 27.4 Å². The summed E-state index contributed by atoms with van der Waals surface area (Å²) in [6, 6.07) is 1.81. The molecule has 1 amide bonds. The summed E-state index contributed by atoms with van der Waals surface area (Å²) in [4.78, 5) is 14.5. The number of hydrogen-bond donors (Lipinski definition) is 0. The second kappa shape index (κ2) is 8.06. The number of carbonyl (C=O) groups excluding carboxylic acids is 1. The molecule has 2 aromatic rings. The minimum Gasteiger partial charge on any atom is -0.472 e. The van der Waals surface area contributed by atoms with Crippen molar-refractivity contribution in [2.24, 2.45) is 5.92 Å². The average Bonchev–Trinajstić information content (AvgIpc) is 3.38. The minimum atomic E-state index is 0.241. The molecule has 0 spiro atoms. The molecule has 0 N–H and O–H groups in total. The van der Waals surface area contributed by atoms with E-state index in [1.807, 2.05) is 11.0 Å². The molecule has 1 saturated carbocycles. The van der Waals surface area contributed by atoms with Gasteiger partial charge in [-0.2, -0.15) is 0 Å². The maximum absolute atomic E-state index is 12.5. The van der Waals surface area contributed by atoms with Crippen molar-refractivity contribution in [1.82, 2.24) is 15.1 Å². The highest BCUT2D eigenvalue weighted by Crippen LogP contribution is 2.31. The van der Waals surface area contributed by atoms with Gasteiger partial charge >= 0.3 is 0 Å². The number of likely N-dealkylation sites (tertiary alicyclic amines) is 1. The molecule has 6 nitrogen and oxygen atoms in total. The summed E-state index contributed by atoms with van der Waals surface area (Å²) in [5.41, 5.74) is 0.805. The van der Waals surface area contributed by atoms with Gasteiger partial charge in [0.2, 0.25) is 11.8 Å². The first-order valence-electron chi connectivity index (χ1n) is 9.93. The number of rotatable bonds is 5. The van der Waals surface area contributed by atoms with E-state index in [1.165, 1.54) is 32.1 Å². The maximum Gasteiger partial charge on any atom is 0.250 e. The number of amides is 1. The fourth-order valence-corrected chi connectivity index (χ4v) is 4.24. The summed E-state index contributed by atoms with van der Waals surface area (Å²) in [5, 5.41) is 8.31. The SMILES string of the molecule is O=C(CCC1CCCCC1)N1CCC(c2nnc(-c3ccoc3)o2)CC1. The van der Waals surface area contributed by atoms with Gasteiger partial charge in [-0.15, -0.1) is 10.2 Å². The molecule has 2 fully saturated rings. The van der Waals surface area contributed by atoms with E-state index in [1.54, 1.807) is 12.5 Å². The average molecular weight is 357 g/mol. The van der Waals surface area contributed by atoms with Crippen molar-refractivity contribution in [3.8, 4) is 11.5 Å². The van der Waals surface area contributed by atoms with Crippen LogP contribution in [0.2, 0.25) is 0 Å². The maximum atomic E-state index is 12.5. The van der Waals surface area contributed by atoms with Gasteiger partial charge in [-0.1, -0.05) is 32.1 Å². The Labute approximate surface area is 154 Å². The molecule has 0 aromatic carbocycles. The number of aromatic nitrogens is 2. The Kier molecular flexibility index (Phi) is 5.37. The Bertz CT molecular complexity index is 696. The van der Waals surface area contributed by atoms with E-state index in [2.05, 4.69) is 10.2 Å². The number of nitrogens with zero attached hydrogens (tertiary/aromatic N) is 3. The summed E-state index contributed by atoms with van der Waals surface area (Å²) >= 11 is 0. The van der Waals surface area contributed by atoms with Gasteiger partial charge in [0, 0.05) is 25.4 Å². The molecule has 1 aliphatic heterocycles. The van der Waals surface area contributed by atoms with Crippen LogP contribution in [0.4, 0.5) is 0 Å². The zero-order valence-corrected chi connectivity index (χ0v) is 15.2. The first kappa shape index (κ1) is 17.3. The molecule has 140 valence electrons. The summed E-state index contributed by atoms with van der Waals surface area (Å²) in [6.45, 7) is 1.58. The Hall–Kier alpha value is -2.11. The van der Waals surface area contributed by atoms with Crippen molar-refractivity contribution < 1.29 is 13.6 Å². The molecule has 3 heterocycles. The molecular formula is C20H27N3O3. The van der Waals surface area contributed by atoms with E-state index in [9.17, 15) is 4.79 Å². The molecule has 1 aliphatic carbocycles. The van der Waals surface area contributed by atoms with Crippen molar-refractivity contribution >= 4 is 5.91 Å². The van der Waals surface area contributed by atoms with Crippen molar-refractivity contribution in [3.63, 3.8) is 0 Å². The van der Waals surface area contributed by atoms with E-state index in [0.29, 0.717) is 24.1 Å². The molecule has 0 atom stereocenters. The summed E-state index contributed by atoms with van der Waals surface area (Å²) < 4.78 is 10.9. The smallest absolute Gasteiger partial charge is 0.250 e. The van der Waals surface area contributed by atoms with E-state index in [4.69, 9.17) is 8.83 Å². The number of carbonyl (C=O) groups is 1. The molecular weight excluding hydrogens is 330 g/mol. The molecule has 26 heavy (non-hydrogen) atoms. The van der Waals surface area contributed by atoms with Gasteiger partial charge in [0.15, 0.2) is 0 Å². The third-order valence-corrected chi connectivity index (χ3v) is 5.90. The highest BCUT2D eigenvalue weighted by Gasteiger charge is 2.28. The van der Waals surface area contributed by atoms with E-state index < -0.39 is 0 Å². The molecule has 0 bridgehead atoms. The quantitative estimate of drug-likeness (QED) is 0.793. The zero-order valence-electron chi connectivity index (χ0n) is 15.2. The number of furan rings is 1. The lowest BCUT2D eigenvalue weighted by atomic mass is 9.86. The first-order chi connectivity index (χ1) is 12.8. The lowest BCUT2D eigenvalue weighted by Crippen LogP contribution is -2.38. The highest BCUT2D eigenvalue weighted by atomic mass is 16.4. The Morgan fingerprint density at radius 2 is 1.92 bits per heavy atom. The Morgan fingerprint density at radius 1 is 1.12 bits per heavy atom. The van der Waals surface area contributed by atoms with Crippen LogP contribution in [-0.2, 0) is 4.79 Å². The van der Waals surface area contributed by atoms with Crippen LogP contribution in [0, 0.1) is 5.92 Å². The highest BCUT2D eigenvalue weighted by molar-refractivity contribution is 5.76. The van der Waals surface area contributed by atoms with Crippen LogP contribution in [0.3, 0.4) is 0 Å². The van der Waals surface area contributed by atoms with Crippen LogP contribution >= 0.6 is 0 Å². The standard InChI is InChI=1S/C20H27N3O3/c24-18(7-6-15-4-2-1-3-5-15)23-11-8-16(9-12-23)19-21-22-20(26-19)17-10-13-25-14-17/h10,13-16H,1-9,11-12H2. The van der Waals surface area contributed by atoms with Crippen molar-refractivity contribution in [2.45, 2.75) is 63.7 Å². The molecule has 0 unspecified atom stereocenters. The minimum absolute atomic E-state index is 0.241. The van der Waals surface area contributed by atoms with Gasteiger partial charge in [0.05, 0.1) is 11.8 Å². The Morgan fingerprint density at radius 3 is 2.65 bits per heavy atom. The van der Waals surface area contributed by atoms with Crippen molar-refractivity contribution in [3.05, 3.63) is 24.5 Å². The van der Waals surface area contributed by atoms with E-state index in [0.717, 1.165) is 43.8 Å². The summed E-state index contributed by atoms with van der Waals surface area (Å²) in [7, 11) is 0. The fourth-order valence-electron chi connectivity index (χ4n) is 4.24. The van der Waals surface area contributed by atoms with Crippen LogP contribution in [0.25, 0.3) is 11.5 Å². The summed E-state index contributed by atoms with van der Waals surface area (Å²) in [6.07, 6.45) is 13.4. The monoisotopic (exact) mass is 357 g/mol. The van der Waals surface area contributed by atoms with Gasteiger partial charge in [-0.25, -0.2) is 0 Å². The predicted molar refractivity (Wildman–Crippen MR) is 96.4 cm³/mol. The van der Waals surface area contributed by atoms with E-state index in [-0.39, 0.29) is 5.92 Å². The molecule has 1 saturated heterocycles. The lowest BCUT2D eigenvalue weighted by Gasteiger charge is -2.31. The summed E-state index contributed by atoms with van der Waals surface area (Å²) in [5.74, 6) is 2.50. The Balaban J connectivity index is 1.25. The van der Waals surface area contributed by atoms with Crippen molar-refractivity contribution in [2.75, 3.05) is 13.1 Å². The van der Waals surface area contributed by atoms with Gasteiger partial charge in [-0.3, -0.25) is 4.79 Å². The van der Waals surface area contributed by atoms with Gasteiger partial charge in [0.1, 0.15) is 6.26 Å². The normalized spacial score (nSPS) is 19.8. The molecule has 4 rings (SSSR count). The molecule has 2 aromatic heterocycles. The van der Waals surface area contributed by atoms with Gasteiger partial charge in [-0.05, 0) is 31.2 Å². The second-order valence-corrected chi connectivity index (χ2v) is 7.66. The fraction of sp³-hybridized carbons (Fsp3) is 0.650. The van der Waals surface area contributed by atoms with Crippen LogP contribution in [0.1, 0.15) is 69.6 Å². The third-order valence-electron chi connectivity index (χ3n) is 5.90. The van der Waals surface area contributed by atoms with Crippen molar-refractivity contribution in [1.29, 1.82) is 0 Å². The third kappa shape index (κ3) is 4.00.